The van der Waals surface area contributed by atoms with E-state index in [0.29, 0.717) is 30.6 Å². The van der Waals surface area contributed by atoms with Crippen molar-refractivity contribution in [1.29, 1.82) is 0 Å². The number of carbonyl (C=O) groups excluding carboxylic acids is 3. The molecule has 0 saturated carbocycles. The number of nitrogens with one attached hydrogen (secondary N) is 2. The smallest absolute Gasteiger partial charge is 0.250 e. The van der Waals surface area contributed by atoms with Crippen LogP contribution < -0.4 is 10.6 Å². The van der Waals surface area contributed by atoms with Gasteiger partial charge in [-0.05, 0) is 62.4 Å². The number of anilines is 2. The summed E-state index contributed by atoms with van der Waals surface area (Å²) in [4.78, 5) is 42.4. The van der Waals surface area contributed by atoms with Gasteiger partial charge in [0, 0.05) is 24.5 Å². The third-order valence-electron chi connectivity index (χ3n) is 7.60. The number of likely N-dealkylation sites (tertiary alicyclic amines) is 1. The average Bonchev–Trinajstić information content (AvgIpc) is 3.48. The van der Waals surface area contributed by atoms with Gasteiger partial charge in [0.1, 0.15) is 11.6 Å². The molecule has 0 aromatic heterocycles. The molecule has 0 radical (unpaired) electrons. The summed E-state index contributed by atoms with van der Waals surface area (Å²) in [6.45, 7) is 3.99. The van der Waals surface area contributed by atoms with Crippen molar-refractivity contribution in [3.8, 4) is 0 Å². The van der Waals surface area contributed by atoms with Crippen molar-refractivity contribution < 1.29 is 24.2 Å². The van der Waals surface area contributed by atoms with Gasteiger partial charge in [-0.1, -0.05) is 30.3 Å². The van der Waals surface area contributed by atoms with Gasteiger partial charge >= 0.3 is 0 Å². The molecule has 5 atom stereocenters. The Bertz CT molecular complexity index is 1150. The van der Waals surface area contributed by atoms with E-state index >= 15 is 0 Å². The molecule has 2 bridgehead atoms. The molecule has 8 heteroatoms. The normalized spacial score (nSPS) is 28.8. The minimum absolute atomic E-state index is 0.103. The molecule has 184 valence electrons. The second-order valence-corrected chi connectivity index (χ2v) is 9.83. The molecule has 3 aliphatic heterocycles. The number of aryl methyl sites for hydroxylation is 2. The van der Waals surface area contributed by atoms with Gasteiger partial charge in [0.2, 0.25) is 17.7 Å². The monoisotopic (exact) mass is 477 g/mol. The van der Waals surface area contributed by atoms with Crippen molar-refractivity contribution in [2.24, 2.45) is 11.8 Å². The quantitative estimate of drug-likeness (QED) is 0.568. The molecule has 8 nitrogen and oxygen atoms in total. The van der Waals surface area contributed by atoms with Gasteiger partial charge in [-0.2, -0.15) is 0 Å². The Labute approximate surface area is 204 Å². The third-order valence-corrected chi connectivity index (χ3v) is 7.60. The second kappa shape index (κ2) is 9.09. The summed E-state index contributed by atoms with van der Waals surface area (Å²) in [7, 11) is 0. The molecule has 3 N–H and O–H groups in total. The van der Waals surface area contributed by atoms with Gasteiger partial charge in [0.05, 0.1) is 17.9 Å². The third kappa shape index (κ3) is 3.90. The van der Waals surface area contributed by atoms with E-state index in [0.717, 1.165) is 11.1 Å². The van der Waals surface area contributed by atoms with Crippen molar-refractivity contribution in [2.75, 3.05) is 23.8 Å². The van der Waals surface area contributed by atoms with Crippen LogP contribution in [0, 0.1) is 25.7 Å². The Kier molecular flexibility index (Phi) is 6.11. The predicted octanol–water partition coefficient (Wildman–Crippen LogP) is 2.64. The van der Waals surface area contributed by atoms with E-state index in [1.54, 1.807) is 12.1 Å². The van der Waals surface area contributed by atoms with E-state index in [1.807, 2.05) is 50.2 Å². The van der Waals surface area contributed by atoms with Gasteiger partial charge in [0.25, 0.3) is 0 Å². The molecular formula is C27H31N3O5. The Morgan fingerprint density at radius 2 is 1.89 bits per heavy atom. The summed E-state index contributed by atoms with van der Waals surface area (Å²) in [5.41, 5.74) is 2.22. The lowest BCUT2D eigenvalue weighted by molar-refractivity contribution is -0.139. The molecule has 3 saturated heterocycles. The van der Waals surface area contributed by atoms with Crippen molar-refractivity contribution in [3.05, 3.63) is 59.7 Å². The number of nitrogens with zero attached hydrogens (tertiary/aromatic N) is 1. The first kappa shape index (κ1) is 23.5. The highest BCUT2D eigenvalue weighted by Gasteiger charge is 2.74. The zero-order chi connectivity index (χ0) is 24.7. The first-order valence-electron chi connectivity index (χ1n) is 12.2. The first-order chi connectivity index (χ1) is 16.9. The summed E-state index contributed by atoms with van der Waals surface area (Å²) in [6, 6.07) is 14.1. The Morgan fingerprint density at radius 1 is 1.11 bits per heavy atom. The summed E-state index contributed by atoms with van der Waals surface area (Å²) >= 11 is 0. The van der Waals surface area contributed by atoms with Crippen LogP contribution in [0.5, 0.6) is 0 Å². The minimum atomic E-state index is -1.06. The molecule has 3 aliphatic rings. The number of ether oxygens (including phenoxy) is 1. The van der Waals surface area contributed by atoms with Gasteiger partial charge in [-0.3, -0.25) is 14.4 Å². The van der Waals surface area contributed by atoms with E-state index in [1.165, 1.54) is 4.90 Å². The van der Waals surface area contributed by atoms with Crippen LogP contribution in [-0.2, 0) is 19.1 Å². The number of amides is 3. The lowest BCUT2D eigenvalue weighted by Crippen LogP contribution is -2.53. The fourth-order valence-corrected chi connectivity index (χ4v) is 6.05. The molecule has 3 amide bonds. The number of benzene rings is 2. The zero-order valence-corrected chi connectivity index (χ0v) is 20.0. The Morgan fingerprint density at radius 3 is 2.63 bits per heavy atom. The maximum Gasteiger partial charge on any atom is 0.250 e. The molecule has 2 aromatic carbocycles. The SMILES string of the molecule is Cc1ccc(C)c(NC(=O)C2N(CCCO)C(=O)[C@@H]3[C@H](C(=O)Nc4ccccc4)[C@@H]4CCC23O4)c1. The summed E-state index contributed by atoms with van der Waals surface area (Å²) < 4.78 is 6.41. The van der Waals surface area contributed by atoms with Gasteiger partial charge in [-0.25, -0.2) is 0 Å². The predicted molar refractivity (Wildman–Crippen MR) is 131 cm³/mol. The maximum absolute atomic E-state index is 13.7. The largest absolute Gasteiger partial charge is 0.396 e. The lowest BCUT2D eigenvalue weighted by atomic mass is 9.70. The molecular weight excluding hydrogens is 446 g/mol. The number of aliphatic hydroxyl groups is 1. The van der Waals surface area contributed by atoms with E-state index in [-0.39, 0.29) is 30.9 Å². The van der Waals surface area contributed by atoms with Crippen LogP contribution in [-0.4, -0.2) is 58.6 Å². The Balaban J connectivity index is 1.47. The van der Waals surface area contributed by atoms with Crippen molar-refractivity contribution >= 4 is 29.1 Å². The number of hydrogen-bond acceptors (Lipinski definition) is 5. The molecule has 5 rings (SSSR count). The fourth-order valence-electron chi connectivity index (χ4n) is 6.05. The topological polar surface area (TPSA) is 108 Å². The minimum Gasteiger partial charge on any atom is -0.396 e. The van der Waals surface area contributed by atoms with Crippen molar-refractivity contribution in [3.63, 3.8) is 0 Å². The summed E-state index contributed by atoms with van der Waals surface area (Å²) in [5.74, 6) is -2.25. The average molecular weight is 478 g/mol. The van der Waals surface area contributed by atoms with Crippen LogP contribution in [0.1, 0.15) is 30.4 Å². The summed E-state index contributed by atoms with van der Waals surface area (Å²) in [6.07, 6.45) is 1.07. The fraction of sp³-hybridized carbons (Fsp3) is 0.444. The Hall–Kier alpha value is -3.23. The highest BCUT2D eigenvalue weighted by molar-refractivity contribution is 6.05. The molecule has 3 heterocycles. The number of para-hydroxylation sites is 1. The van der Waals surface area contributed by atoms with Gasteiger partial charge in [-0.15, -0.1) is 0 Å². The molecule has 2 aromatic rings. The molecule has 3 fully saturated rings. The standard InChI is InChI=1S/C27H31N3O5/c1-16-9-10-17(2)19(15-16)29-25(33)23-27-12-11-20(35-27)21(22(27)26(34)30(23)13-6-14-31)24(32)28-18-7-4-3-5-8-18/h3-5,7-10,15,20-23,31H,6,11-14H2,1-2H3,(H,28,32)(H,29,33)/t20-,21+,22-,23?,27?/m0/s1. The maximum atomic E-state index is 13.7. The number of rotatable bonds is 7. The van der Waals surface area contributed by atoms with E-state index in [9.17, 15) is 19.5 Å². The zero-order valence-electron chi connectivity index (χ0n) is 20.0. The van der Waals surface area contributed by atoms with Crippen LogP contribution in [0.15, 0.2) is 48.5 Å². The molecule has 0 aliphatic carbocycles. The second-order valence-electron chi connectivity index (χ2n) is 9.83. The first-order valence-corrected chi connectivity index (χ1v) is 12.2. The van der Waals surface area contributed by atoms with Crippen LogP contribution in [0.25, 0.3) is 0 Å². The summed E-state index contributed by atoms with van der Waals surface area (Å²) in [5, 5.41) is 15.4. The van der Waals surface area contributed by atoms with Crippen LogP contribution in [0.4, 0.5) is 11.4 Å². The number of fused-ring (bicyclic) bond motifs is 1. The van der Waals surface area contributed by atoms with Gasteiger partial charge < -0.3 is 25.4 Å². The van der Waals surface area contributed by atoms with Crippen LogP contribution >= 0.6 is 0 Å². The number of hydrogen-bond donors (Lipinski definition) is 3. The van der Waals surface area contributed by atoms with E-state index in [4.69, 9.17) is 4.74 Å². The molecule has 35 heavy (non-hydrogen) atoms. The van der Waals surface area contributed by atoms with Crippen molar-refractivity contribution in [1.82, 2.24) is 4.90 Å². The molecule has 1 spiro atoms. The van der Waals surface area contributed by atoms with Crippen LogP contribution in [0.3, 0.4) is 0 Å². The van der Waals surface area contributed by atoms with Crippen molar-refractivity contribution in [2.45, 2.75) is 50.9 Å². The highest BCUT2D eigenvalue weighted by Crippen LogP contribution is 2.58. The number of aliphatic hydroxyl groups excluding tert-OH is 1. The van der Waals surface area contributed by atoms with Gasteiger partial charge in [0.15, 0.2) is 0 Å². The van der Waals surface area contributed by atoms with E-state index in [2.05, 4.69) is 10.6 Å². The number of carbonyl (C=O) groups is 3. The molecule has 2 unspecified atom stereocenters. The lowest BCUT2D eigenvalue weighted by Gasteiger charge is -2.33. The van der Waals surface area contributed by atoms with E-state index < -0.39 is 29.6 Å². The van der Waals surface area contributed by atoms with Crippen LogP contribution in [0.2, 0.25) is 0 Å². The highest BCUT2D eigenvalue weighted by atomic mass is 16.5.